The molecular formula is C18H26N6O10. The van der Waals surface area contributed by atoms with Crippen LogP contribution in [-0.4, -0.2) is 99.6 Å². The van der Waals surface area contributed by atoms with E-state index in [1.165, 1.54) is 24.5 Å². The quantitative estimate of drug-likeness (QED) is 0.201. The minimum absolute atomic E-state index is 0.0537. The van der Waals surface area contributed by atoms with Crippen LogP contribution in [0.4, 0.5) is 11.6 Å². The van der Waals surface area contributed by atoms with E-state index in [4.69, 9.17) is 31.2 Å². The summed E-state index contributed by atoms with van der Waals surface area (Å²) in [6.07, 6.45) is -6.53. The highest BCUT2D eigenvalue weighted by molar-refractivity contribution is 5.24. The molecule has 0 bridgehead atoms. The van der Waals surface area contributed by atoms with Crippen molar-refractivity contribution in [1.82, 2.24) is 19.1 Å². The first-order valence-electron chi connectivity index (χ1n) is 10.0. The van der Waals surface area contributed by atoms with Crippen molar-refractivity contribution in [2.24, 2.45) is 0 Å². The van der Waals surface area contributed by atoms with E-state index in [1.807, 2.05) is 0 Å². The second kappa shape index (κ2) is 10.5. The Kier molecular flexibility index (Phi) is 7.95. The Labute approximate surface area is 190 Å². The van der Waals surface area contributed by atoms with Gasteiger partial charge in [0.05, 0.1) is 13.2 Å². The molecule has 0 saturated carbocycles. The largest absolute Gasteiger partial charge is 0.394 e. The van der Waals surface area contributed by atoms with Gasteiger partial charge in [0.25, 0.3) is 0 Å². The van der Waals surface area contributed by atoms with E-state index in [1.54, 1.807) is 0 Å². The molecule has 16 heteroatoms. The third kappa shape index (κ3) is 5.08. The lowest BCUT2D eigenvalue weighted by atomic mass is 10.1. The number of nitrogen functional groups attached to an aromatic ring is 2. The van der Waals surface area contributed by atoms with Crippen molar-refractivity contribution >= 4 is 11.6 Å². The molecule has 16 nitrogen and oxygen atoms in total. The number of nitrogens with two attached hydrogens (primary N) is 2. The van der Waals surface area contributed by atoms with Gasteiger partial charge in [-0.05, 0) is 12.1 Å². The van der Waals surface area contributed by atoms with Crippen molar-refractivity contribution in [2.75, 3.05) is 24.7 Å². The summed E-state index contributed by atoms with van der Waals surface area (Å²) in [5, 5.41) is 56.3. The predicted octanol–water partition coefficient (Wildman–Crippen LogP) is -5.13. The molecule has 34 heavy (non-hydrogen) atoms. The monoisotopic (exact) mass is 486 g/mol. The van der Waals surface area contributed by atoms with Gasteiger partial charge in [-0.2, -0.15) is 9.97 Å². The maximum Gasteiger partial charge on any atom is 0.351 e. The number of aromatic nitrogens is 4. The van der Waals surface area contributed by atoms with Gasteiger partial charge in [-0.25, -0.2) is 9.59 Å². The molecule has 0 aliphatic carbocycles. The molecule has 2 saturated heterocycles. The summed E-state index contributed by atoms with van der Waals surface area (Å²) >= 11 is 0. The third-order valence-corrected chi connectivity index (χ3v) is 5.29. The molecule has 4 rings (SSSR count). The van der Waals surface area contributed by atoms with Gasteiger partial charge >= 0.3 is 11.4 Å². The van der Waals surface area contributed by atoms with Gasteiger partial charge in [0.2, 0.25) is 0 Å². The molecule has 0 radical (unpaired) electrons. The fourth-order valence-electron chi connectivity index (χ4n) is 3.46. The Morgan fingerprint density at radius 3 is 1.35 bits per heavy atom. The van der Waals surface area contributed by atoms with Crippen LogP contribution in [0.1, 0.15) is 12.5 Å². The number of aliphatic hydroxyl groups is 6. The first-order valence-corrected chi connectivity index (χ1v) is 10.0. The van der Waals surface area contributed by atoms with Gasteiger partial charge in [-0.15, -0.1) is 0 Å². The molecule has 4 heterocycles. The molecule has 0 aromatic carbocycles. The smallest absolute Gasteiger partial charge is 0.351 e. The van der Waals surface area contributed by atoms with E-state index in [0.717, 1.165) is 9.13 Å². The topological polar surface area (TPSA) is 262 Å². The lowest BCUT2D eigenvalue weighted by molar-refractivity contribution is -0.0549. The number of hydrogen-bond acceptors (Lipinski definition) is 14. The highest BCUT2D eigenvalue weighted by Gasteiger charge is 2.44. The molecule has 0 amide bonds. The lowest BCUT2D eigenvalue weighted by Crippen LogP contribution is -2.36. The first kappa shape index (κ1) is 25.7. The normalized spacial score (nSPS) is 32.9. The second-order valence-corrected chi connectivity index (χ2v) is 7.54. The summed E-state index contributed by atoms with van der Waals surface area (Å²) in [6.45, 7) is -0.905. The van der Waals surface area contributed by atoms with Crippen molar-refractivity contribution in [3.05, 3.63) is 45.5 Å². The number of anilines is 2. The highest BCUT2D eigenvalue weighted by atomic mass is 16.6. The van der Waals surface area contributed by atoms with E-state index < -0.39 is 73.7 Å². The number of aliphatic hydroxyl groups excluding tert-OH is 6. The fourth-order valence-corrected chi connectivity index (χ4v) is 3.46. The van der Waals surface area contributed by atoms with E-state index >= 15 is 0 Å². The maximum atomic E-state index is 11.5. The summed E-state index contributed by atoms with van der Waals surface area (Å²) < 4.78 is 12.4. The summed E-state index contributed by atoms with van der Waals surface area (Å²) in [6, 6.07) is 2.74. The Bertz CT molecular complexity index is 1010. The number of rotatable bonds is 4. The fraction of sp³-hybridized carbons (Fsp3) is 0.556. The molecule has 10 N–H and O–H groups in total. The van der Waals surface area contributed by atoms with E-state index in [-0.39, 0.29) is 11.6 Å². The molecule has 0 unspecified atom stereocenters. The Balaban J connectivity index is 0.000000191. The lowest BCUT2D eigenvalue weighted by Gasteiger charge is -2.16. The molecule has 2 aliphatic rings. The Morgan fingerprint density at radius 1 is 0.735 bits per heavy atom. The van der Waals surface area contributed by atoms with E-state index in [9.17, 15) is 30.0 Å². The third-order valence-electron chi connectivity index (χ3n) is 5.29. The van der Waals surface area contributed by atoms with Gasteiger partial charge in [-0.3, -0.25) is 9.13 Å². The molecule has 2 aromatic rings. The number of ether oxygens (including phenoxy) is 2. The maximum absolute atomic E-state index is 11.5. The van der Waals surface area contributed by atoms with Crippen LogP contribution in [0.2, 0.25) is 0 Å². The van der Waals surface area contributed by atoms with Crippen LogP contribution < -0.4 is 22.8 Å². The Morgan fingerprint density at radius 2 is 1.09 bits per heavy atom. The van der Waals surface area contributed by atoms with Crippen molar-refractivity contribution in [3.63, 3.8) is 0 Å². The molecule has 8 atom stereocenters. The summed E-state index contributed by atoms with van der Waals surface area (Å²) in [7, 11) is 0. The van der Waals surface area contributed by atoms with E-state index in [0.29, 0.717) is 0 Å². The zero-order valence-corrected chi connectivity index (χ0v) is 17.6. The SMILES string of the molecule is Nc1ccn([C@@H]2O[C@H](CO)[C@@H](O)[C@@H]2O)c(=O)n1.Nc1ccn([C@@H]2O[C@H](CO)[C@H](O)[C@@H]2O)c(=O)n1. The second-order valence-electron chi connectivity index (χ2n) is 7.54. The van der Waals surface area contributed by atoms with Gasteiger partial charge in [-0.1, -0.05) is 0 Å². The average Bonchev–Trinajstić information content (AvgIpc) is 3.24. The van der Waals surface area contributed by atoms with Crippen molar-refractivity contribution in [3.8, 4) is 0 Å². The molecule has 2 aromatic heterocycles. The first-order chi connectivity index (χ1) is 16.1. The van der Waals surface area contributed by atoms with Crippen LogP contribution in [0.25, 0.3) is 0 Å². The minimum atomic E-state index is -1.31. The van der Waals surface area contributed by atoms with Gasteiger partial charge < -0.3 is 51.6 Å². The van der Waals surface area contributed by atoms with Crippen molar-refractivity contribution in [1.29, 1.82) is 0 Å². The van der Waals surface area contributed by atoms with Crippen LogP contribution in [-0.2, 0) is 9.47 Å². The van der Waals surface area contributed by atoms with Crippen LogP contribution in [0.3, 0.4) is 0 Å². The number of hydrogen-bond donors (Lipinski definition) is 8. The minimum Gasteiger partial charge on any atom is -0.394 e. The average molecular weight is 486 g/mol. The van der Waals surface area contributed by atoms with Gasteiger partial charge in [0, 0.05) is 12.4 Å². The summed E-state index contributed by atoms with van der Waals surface area (Å²) in [5.74, 6) is 0.107. The van der Waals surface area contributed by atoms with E-state index in [2.05, 4.69) is 9.97 Å². The standard InChI is InChI=1S/2C9H13N3O5/c2*10-5-1-2-12(9(16)11-5)8-7(15)6(14)4(3-13)17-8/h2*1-2,4,6-8,13-15H,3H2,(H2,10,11,16)/t4-,6+,7+,8-;4-,6-,7+,8-/m11/s1. The molecule has 188 valence electrons. The molecular weight excluding hydrogens is 460 g/mol. The number of nitrogens with zero attached hydrogens (tertiary/aromatic N) is 4. The van der Waals surface area contributed by atoms with Crippen LogP contribution >= 0.6 is 0 Å². The Hall–Kier alpha value is -2.96. The summed E-state index contributed by atoms with van der Waals surface area (Å²) in [5.41, 5.74) is 9.26. The summed E-state index contributed by atoms with van der Waals surface area (Å²) in [4.78, 5) is 30.0. The highest BCUT2D eigenvalue weighted by Crippen LogP contribution is 2.28. The predicted molar refractivity (Wildman–Crippen MR) is 112 cm³/mol. The van der Waals surface area contributed by atoms with Crippen molar-refractivity contribution in [2.45, 2.75) is 49.1 Å². The molecule has 2 fully saturated rings. The molecule has 0 spiro atoms. The molecule has 2 aliphatic heterocycles. The zero-order chi connectivity index (χ0) is 25.2. The van der Waals surface area contributed by atoms with Gasteiger partial charge in [0.15, 0.2) is 12.5 Å². The van der Waals surface area contributed by atoms with Crippen LogP contribution in [0.15, 0.2) is 34.1 Å². The van der Waals surface area contributed by atoms with Crippen LogP contribution in [0.5, 0.6) is 0 Å². The van der Waals surface area contributed by atoms with Gasteiger partial charge in [0.1, 0.15) is 48.3 Å². The zero-order valence-electron chi connectivity index (χ0n) is 17.6. The van der Waals surface area contributed by atoms with Crippen LogP contribution in [0, 0.1) is 0 Å². The van der Waals surface area contributed by atoms with Crippen molar-refractivity contribution < 1.29 is 40.1 Å².